The molecule has 0 fully saturated rings. The minimum atomic E-state index is -0.207. The van der Waals surface area contributed by atoms with Crippen LogP contribution in [0.1, 0.15) is 35.6 Å². The predicted octanol–water partition coefficient (Wildman–Crippen LogP) is 2.64. The fourth-order valence-corrected chi connectivity index (χ4v) is 4.00. The number of hydrogen-bond donors (Lipinski definition) is 0. The highest BCUT2D eigenvalue weighted by Crippen LogP contribution is 2.41. The number of amides is 1. The standard InChI is InChI=1S/C22H25N5O3/c1-29-19-11-16-7-10-27(21(28)6-4-9-26-15-24-14-25-26)22(17-5-3-8-23-13-17)18(16)12-20(19)30-2/h3,5,8,11-15,22H,4,6-7,9-10H2,1-2H3. The lowest BCUT2D eigenvalue weighted by Gasteiger charge is -2.38. The molecule has 8 nitrogen and oxygen atoms in total. The highest BCUT2D eigenvalue weighted by Gasteiger charge is 2.33. The van der Waals surface area contributed by atoms with E-state index in [0.29, 0.717) is 37.4 Å². The molecule has 0 aliphatic carbocycles. The molecule has 0 radical (unpaired) electrons. The molecule has 1 atom stereocenters. The van der Waals surface area contributed by atoms with Crippen LogP contribution < -0.4 is 9.47 Å². The van der Waals surface area contributed by atoms with E-state index in [1.165, 1.54) is 6.33 Å². The monoisotopic (exact) mass is 407 g/mol. The first-order valence-electron chi connectivity index (χ1n) is 9.98. The van der Waals surface area contributed by atoms with Crippen molar-refractivity contribution in [1.82, 2.24) is 24.6 Å². The summed E-state index contributed by atoms with van der Waals surface area (Å²) in [6.45, 7) is 1.31. The molecular weight excluding hydrogens is 382 g/mol. The van der Waals surface area contributed by atoms with Crippen LogP contribution in [0.25, 0.3) is 0 Å². The van der Waals surface area contributed by atoms with Crippen molar-refractivity contribution in [1.29, 1.82) is 0 Å². The third kappa shape index (κ3) is 3.98. The van der Waals surface area contributed by atoms with Crippen molar-refractivity contribution in [2.45, 2.75) is 31.8 Å². The molecule has 1 aliphatic heterocycles. The molecule has 30 heavy (non-hydrogen) atoms. The molecule has 3 aromatic rings. The molecule has 8 heteroatoms. The van der Waals surface area contributed by atoms with Crippen molar-refractivity contribution in [3.8, 4) is 11.5 Å². The van der Waals surface area contributed by atoms with E-state index in [1.807, 2.05) is 35.4 Å². The summed E-state index contributed by atoms with van der Waals surface area (Å²) in [5, 5.41) is 4.10. The molecule has 0 spiro atoms. The third-order valence-corrected chi connectivity index (χ3v) is 5.44. The van der Waals surface area contributed by atoms with Gasteiger partial charge < -0.3 is 14.4 Å². The van der Waals surface area contributed by atoms with E-state index in [2.05, 4.69) is 15.1 Å². The summed E-state index contributed by atoms with van der Waals surface area (Å²) in [6.07, 6.45) is 8.65. The average Bonchev–Trinajstić information content (AvgIpc) is 3.31. The highest BCUT2D eigenvalue weighted by molar-refractivity contribution is 5.78. The Hall–Kier alpha value is -3.42. The molecule has 0 saturated carbocycles. The molecule has 4 rings (SSSR count). The zero-order chi connectivity index (χ0) is 20.9. The van der Waals surface area contributed by atoms with Crippen molar-refractivity contribution < 1.29 is 14.3 Å². The zero-order valence-electron chi connectivity index (χ0n) is 17.2. The molecule has 1 unspecified atom stereocenters. The van der Waals surface area contributed by atoms with Gasteiger partial charge in [0.1, 0.15) is 12.7 Å². The van der Waals surface area contributed by atoms with Gasteiger partial charge in [-0.3, -0.25) is 14.5 Å². The largest absolute Gasteiger partial charge is 0.493 e. The van der Waals surface area contributed by atoms with Gasteiger partial charge in [-0.15, -0.1) is 0 Å². The lowest BCUT2D eigenvalue weighted by atomic mass is 9.88. The minimum Gasteiger partial charge on any atom is -0.493 e. The van der Waals surface area contributed by atoms with Crippen LogP contribution in [0.2, 0.25) is 0 Å². The maximum atomic E-state index is 13.2. The fourth-order valence-electron chi connectivity index (χ4n) is 4.00. The Labute approximate surface area is 175 Å². The first kappa shape index (κ1) is 19.9. The van der Waals surface area contributed by atoms with Crippen LogP contribution in [0.15, 0.2) is 49.3 Å². The fraction of sp³-hybridized carbons (Fsp3) is 0.364. The van der Waals surface area contributed by atoms with E-state index in [0.717, 1.165) is 23.1 Å². The molecule has 0 saturated heterocycles. The van der Waals surface area contributed by atoms with Gasteiger partial charge in [-0.2, -0.15) is 5.10 Å². The van der Waals surface area contributed by atoms with Crippen molar-refractivity contribution >= 4 is 5.91 Å². The number of ether oxygens (including phenoxy) is 2. The Balaban J connectivity index is 1.63. The van der Waals surface area contributed by atoms with Gasteiger partial charge in [-0.1, -0.05) is 6.07 Å². The number of aromatic nitrogens is 4. The number of carbonyl (C=O) groups is 1. The molecule has 2 aromatic heterocycles. The summed E-state index contributed by atoms with van der Waals surface area (Å²) in [5.74, 6) is 1.48. The minimum absolute atomic E-state index is 0.115. The second kappa shape index (κ2) is 8.94. The van der Waals surface area contributed by atoms with Crippen molar-refractivity contribution in [2.75, 3.05) is 20.8 Å². The molecule has 1 amide bonds. The summed E-state index contributed by atoms with van der Waals surface area (Å²) in [7, 11) is 3.26. The van der Waals surface area contributed by atoms with Gasteiger partial charge in [0.2, 0.25) is 5.91 Å². The van der Waals surface area contributed by atoms with Crippen LogP contribution in [-0.4, -0.2) is 51.3 Å². The average molecular weight is 407 g/mol. The Morgan fingerprint density at radius 1 is 1.20 bits per heavy atom. The zero-order valence-corrected chi connectivity index (χ0v) is 17.2. The number of nitrogens with zero attached hydrogens (tertiary/aromatic N) is 5. The van der Waals surface area contributed by atoms with Crippen molar-refractivity contribution in [2.24, 2.45) is 0 Å². The number of rotatable bonds is 7. The van der Waals surface area contributed by atoms with Gasteiger partial charge in [0.05, 0.1) is 20.3 Å². The molecule has 1 aromatic carbocycles. The van der Waals surface area contributed by atoms with Crippen LogP contribution in [0, 0.1) is 0 Å². The predicted molar refractivity (Wildman–Crippen MR) is 110 cm³/mol. The smallest absolute Gasteiger partial charge is 0.223 e. The Morgan fingerprint density at radius 3 is 2.73 bits per heavy atom. The lowest BCUT2D eigenvalue weighted by molar-refractivity contribution is -0.133. The maximum absolute atomic E-state index is 13.2. The summed E-state index contributed by atoms with van der Waals surface area (Å²) < 4.78 is 12.7. The van der Waals surface area contributed by atoms with E-state index in [4.69, 9.17) is 9.47 Å². The topological polar surface area (TPSA) is 82.4 Å². The van der Waals surface area contributed by atoms with Crippen LogP contribution in [0.3, 0.4) is 0 Å². The number of hydrogen-bond acceptors (Lipinski definition) is 6. The van der Waals surface area contributed by atoms with Crippen LogP contribution in [-0.2, 0) is 17.8 Å². The maximum Gasteiger partial charge on any atom is 0.223 e. The molecule has 156 valence electrons. The third-order valence-electron chi connectivity index (χ3n) is 5.44. The Morgan fingerprint density at radius 2 is 2.03 bits per heavy atom. The van der Waals surface area contributed by atoms with Gasteiger partial charge in [0.15, 0.2) is 11.5 Å². The molecule has 1 aliphatic rings. The number of aryl methyl sites for hydroxylation is 1. The number of benzene rings is 1. The number of fused-ring (bicyclic) bond motifs is 1. The first-order chi connectivity index (χ1) is 14.7. The lowest BCUT2D eigenvalue weighted by Crippen LogP contribution is -2.40. The van der Waals surface area contributed by atoms with E-state index in [9.17, 15) is 4.79 Å². The molecule has 0 bridgehead atoms. The first-order valence-corrected chi connectivity index (χ1v) is 9.98. The van der Waals surface area contributed by atoms with Gasteiger partial charge in [-0.25, -0.2) is 4.98 Å². The van der Waals surface area contributed by atoms with Crippen LogP contribution in [0.4, 0.5) is 0 Å². The van der Waals surface area contributed by atoms with E-state index >= 15 is 0 Å². The van der Waals surface area contributed by atoms with Crippen molar-refractivity contribution in [3.05, 3.63) is 66.0 Å². The van der Waals surface area contributed by atoms with Gasteiger partial charge in [0.25, 0.3) is 0 Å². The molecule has 0 N–H and O–H groups in total. The van der Waals surface area contributed by atoms with Crippen LogP contribution in [0.5, 0.6) is 11.5 Å². The second-order valence-corrected chi connectivity index (χ2v) is 7.19. The SMILES string of the molecule is COc1cc2c(cc1OC)C(c1cccnc1)N(C(=O)CCCn1cncn1)CC2. The highest BCUT2D eigenvalue weighted by atomic mass is 16.5. The van der Waals surface area contributed by atoms with Crippen LogP contribution >= 0.6 is 0 Å². The van der Waals surface area contributed by atoms with Gasteiger partial charge in [-0.05, 0) is 47.7 Å². The second-order valence-electron chi connectivity index (χ2n) is 7.19. The summed E-state index contributed by atoms with van der Waals surface area (Å²) in [5.41, 5.74) is 3.19. The summed E-state index contributed by atoms with van der Waals surface area (Å²) >= 11 is 0. The van der Waals surface area contributed by atoms with Crippen molar-refractivity contribution in [3.63, 3.8) is 0 Å². The quantitative estimate of drug-likeness (QED) is 0.599. The van der Waals surface area contributed by atoms with E-state index in [-0.39, 0.29) is 11.9 Å². The van der Waals surface area contributed by atoms with Gasteiger partial charge in [0, 0.05) is 31.9 Å². The summed E-state index contributed by atoms with van der Waals surface area (Å²) in [4.78, 5) is 23.4. The number of methoxy groups -OCH3 is 2. The summed E-state index contributed by atoms with van der Waals surface area (Å²) in [6, 6.07) is 7.71. The normalized spacial score (nSPS) is 15.5. The number of pyridine rings is 1. The van der Waals surface area contributed by atoms with Gasteiger partial charge >= 0.3 is 0 Å². The van der Waals surface area contributed by atoms with E-state index < -0.39 is 0 Å². The molecular formula is C22H25N5O3. The number of carbonyl (C=O) groups excluding carboxylic acids is 1. The molecule has 3 heterocycles. The Bertz CT molecular complexity index is 992. The van der Waals surface area contributed by atoms with E-state index in [1.54, 1.807) is 31.4 Å². The Kier molecular flexibility index (Phi) is 5.92.